The first-order valence-corrected chi connectivity index (χ1v) is 11.2. The summed E-state index contributed by atoms with van der Waals surface area (Å²) in [6.07, 6.45) is 6.11. The Kier molecular flexibility index (Phi) is 7.59. The van der Waals surface area contributed by atoms with Crippen molar-refractivity contribution in [1.29, 1.82) is 5.26 Å². The molecule has 1 saturated carbocycles. The summed E-state index contributed by atoms with van der Waals surface area (Å²) in [5, 5.41) is 15.6. The van der Waals surface area contributed by atoms with Gasteiger partial charge in [0.2, 0.25) is 5.91 Å². The highest BCUT2D eigenvalue weighted by Crippen LogP contribution is 2.28. The lowest BCUT2D eigenvalue weighted by Gasteiger charge is -2.42. The lowest BCUT2D eigenvalue weighted by Crippen LogP contribution is -2.68. The van der Waals surface area contributed by atoms with Gasteiger partial charge in [-0.1, -0.05) is 32.1 Å². The van der Waals surface area contributed by atoms with Crippen LogP contribution in [0.15, 0.2) is 0 Å². The van der Waals surface area contributed by atoms with Gasteiger partial charge < -0.3 is 30.1 Å². The molecule has 1 atom stereocenters. The Morgan fingerprint density at radius 1 is 1.16 bits per heavy atom. The summed E-state index contributed by atoms with van der Waals surface area (Å²) in [7, 11) is 3.21. The zero-order valence-electron chi connectivity index (χ0n) is 18.6. The fraction of sp³-hybridized carbons (Fsp3) is 0.810. The zero-order chi connectivity index (χ0) is 22.4. The summed E-state index contributed by atoms with van der Waals surface area (Å²) >= 11 is 0. The van der Waals surface area contributed by atoms with E-state index in [1.54, 1.807) is 19.0 Å². The highest BCUT2D eigenvalue weighted by molar-refractivity contribution is 5.88. The number of nitrogens with one attached hydrogen (secondary N) is 2. The molecule has 0 spiro atoms. The van der Waals surface area contributed by atoms with Crippen LogP contribution < -0.4 is 10.6 Å². The normalized spacial score (nSPS) is 23.1. The summed E-state index contributed by atoms with van der Waals surface area (Å²) in [5.74, 6) is -0.00399. The number of hydrogen-bond acceptors (Lipinski definition) is 5. The second kappa shape index (κ2) is 10.2. The van der Waals surface area contributed by atoms with Gasteiger partial charge in [-0.2, -0.15) is 5.26 Å². The van der Waals surface area contributed by atoms with Gasteiger partial charge in [-0.05, 0) is 12.3 Å². The maximum absolute atomic E-state index is 13.3. The van der Waals surface area contributed by atoms with Gasteiger partial charge in [0.25, 0.3) is 0 Å². The lowest BCUT2D eigenvalue weighted by molar-refractivity contribution is -0.125. The number of nitrogens with zero attached hydrogens (tertiary/aromatic N) is 4. The molecule has 10 nitrogen and oxygen atoms in total. The smallest absolute Gasteiger partial charge is 0.319 e. The van der Waals surface area contributed by atoms with Crippen molar-refractivity contribution < 1.29 is 19.1 Å². The fourth-order valence-electron chi connectivity index (χ4n) is 4.78. The van der Waals surface area contributed by atoms with Crippen molar-refractivity contribution in [1.82, 2.24) is 25.3 Å². The Morgan fingerprint density at radius 2 is 1.77 bits per heavy atom. The Morgan fingerprint density at radius 3 is 2.35 bits per heavy atom. The molecule has 0 radical (unpaired) electrons. The van der Waals surface area contributed by atoms with E-state index in [2.05, 4.69) is 16.7 Å². The van der Waals surface area contributed by atoms with Crippen LogP contribution in [0.4, 0.5) is 9.59 Å². The predicted molar refractivity (Wildman–Crippen MR) is 113 cm³/mol. The second-order valence-electron chi connectivity index (χ2n) is 9.02. The number of rotatable bonds is 5. The summed E-state index contributed by atoms with van der Waals surface area (Å²) < 4.78 is 5.31. The molecule has 2 aliphatic heterocycles. The van der Waals surface area contributed by atoms with Crippen LogP contribution in [-0.2, 0) is 9.53 Å². The Bertz CT molecular complexity index is 697. The van der Waals surface area contributed by atoms with Crippen LogP contribution in [0.25, 0.3) is 0 Å². The molecule has 1 unspecified atom stereocenters. The second-order valence-corrected chi connectivity index (χ2v) is 9.02. The third-order valence-electron chi connectivity index (χ3n) is 6.45. The molecule has 3 rings (SSSR count). The number of morpholine rings is 1. The van der Waals surface area contributed by atoms with E-state index in [9.17, 15) is 19.6 Å². The van der Waals surface area contributed by atoms with E-state index in [0.29, 0.717) is 38.6 Å². The Balaban J connectivity index is 1.71. The first-order valence-electron chi connectivity index (χ1n) is 11.2. The number of ether oxygens (including phenoxy) is 1. The molecule has 0 aromatic heterocycles. The van der Waals surface area contributed by atoms with Crippen molar-refractivity contribution in [2.75, 3.05) is 53.5 Å². The summed E-state index contributed by atoms with van der Waals surface area (Å²) in [6, 6.07) is 0.998. The van der Waals surface area contributed by atoms with Crippen molar-refractivity contribution in [3.05, 3.63) is 0 Å². The Labute approximate surface area is 183 Å². The number of carbonyl (C=O) groups is 3. The van der Waals surface area contributed by atoms with Crippen LogP contribution in [0.1, 0.15) is 38.5 Å². The van der Waals surface area contributed by atoms with Crippen molar-refractivity contribution in [3.8, 4) is 6.07 Å². The van der Waals surface area contributed by atoms with Gasteiger partial charge in [0.05, 0.1) is 32.4 Å². The van der Waals surface area contributed by atoms with E-state index in [1.807, 2.05) is 0 Å². The first kappa shape index (κ1) is 23.1. The van der Waals surface area contributed by atoms with Crippen LogP contribution in [0, 0.1) is 17.2 Å². The van der Waals surface area contributed by atoms with E-state index in [-0.39, 0.29) is 31.1 Å². The van der Waals surface area contributed by atoms with Gasteiger partial charge >= 0.3 is 12.1 Å². The zero-order valence-corrected chi connectivity index (χ0v) is 18.6. The minimum Gasteiger partial charge on any atom is -0.378 e. The number of hydrogen-bond donors (Lipinski definition) is 2. The largest absolute Gasteiger partial charge is 0.378 e. The molecule has 31 heavy (non-hydrogen) atoms. The van der Waals surface area contributed by atoms with E-state index >= 15 is 0 Å². The third-order valence-corrected chi connectivity index (χ3v) is 6.45. The number of carbonyl (C=O) groups excluding carboxylic acids is 3. The maximum Gasteiger partial charge on any atom is 0.319 e. The SMILES string of the molecule is CN1CC(C#N)(NC(=O)C(CC2CCCCC2)NC(=O)N2CCOCC2)CN(C)C1=O. The third kappa shape index (κ3) is 5.79. The maximum atomic E-state index is 13.3. The first-order chi connectivity index (χ1) is 14.8. The summed E-state index contributed by atoms with van der Waals surface area (Å²) in [4.78, 5) is 42.7. The molecular formula is C21H34N6O4. The highest BCUT2D eigenvalue weighted by atomic mass is 16.5. The van der Waals surface area contributed by atoms with Gasteiger partial charge in [-0.25, -0.2) is 9.59 Å². The van der Waals surface area contributed by atoms with Crippen molar-refractivity contribution >= 4 is 18.0 Å². The molecule has 0 aromatic carbocycles. The molecule has 10 heteroatoms. The van der Waals surface area contributed by atoms with E-state index in [1.165, 1.54) is 16.2 Å². The number of nitriles is 1. The molecule has 1 aliphatic carbocycles. The predicted octanol–water partition coefficient (Wildman–Crippen LogP) is 0.743. The standard InChI is InChI=1S/C21H34N6O4/c1-25-14-21(13-22,15-26(2)20(25)30)24-18(28)17(12-16-6-4-3-5-7-16)23-19(29)27-8-10-31-11-9-27/h16-17H,3-12,14-15H2,1-2H3,(H,23,29)(H,24,28). The van der Waals surface area contributed by atoms with Gasteiger partial charge in [0, 0.05) is 27.2 Å². The molecule has 2 N–H and O–H groups in total. The van der Waals surface area contributed by atoms with Crippen LogP contribution in [0.3, 0.4) is 0 Å². The molecule has 2 saturated heterocycles. The molecular weight excluding hydrogens is 400 g/mol. The minimum absolute atomic E-state index is 0.103. The number of urea groups is 2. The highest BCUT2D eigenvalue weighted by Gasteiger charge is 2.43. The molecule has 172 valence electrons. The molecule has 5 amide bonds. The van der Waals surface area contributed by atoms with Gasteiger partial charge in [0.15, 0.2) is 5.54 Å². The Hall–Kier alpha value is -2.54. The lowest BCUT2D eigenvalue weighted by atomic mass is 9.84. The van der Waals surface area contributed by atoms with Crippen LogP contribution in [-0.4, -0.2) is 97.7 Å². The van der Waals surface area contributed by atoms with E-state index < -0.39 is 11.6 Å². The van der Waals surface area contributed by atoms with Crippen LogP contribution in [0.5, 0.6) is 0 Å². The molecule has 2 heterocycles. The molecule has 0 aromatic rings. The molecule has 3 fully saturated rings. The summed E-state index contributed by atoms with van der Waals surface area (Å²) in [6.45, 7) is 2.15. The number of amides is 5. The van der Waals surface area contributed by atoms with Crippen molar-refractivity contribution in [2.24, 2.45) is 5.92 Å². The van der Waals surface area contributed by atoms with E-state index in [0.717, 1.165) is 25.7 Å². The monoisotopic (exact) mass is 434 g/mol. The van der Waals surface area contributed by atoms with Crippen molar-refractivity contribution in [2.45, 2.75) is 50.1 Å². The number of likely N-dealkylation sites (N-methyl/N-ethyl adjacent to an activating group) is 2. The molecule has 3 aliphatic rings. The minimum atomic E-state index is -1.22. The van der Waals surface area contributed by atoms with Gasteiger partial charge in [0.1, 0.15) is 6.04 Å². The van der Waals surface area contributed by atoms with E-state index in [4.69, 9.17) is 4.74 Å². The topological polar surface area (TPSA) is 118 Å². The quantitative estimate of drug-likeness (QED) is 0.662. The van der Waals surface area contributed by atoms with Gasteiger partial charge in [-0.3, -0.25) is 4.79 Å². The average Bonchev–Trinajstić information content (AvgIpc) is 2.78. The fourth-order valence-corrected chi connectivity index (χ4v) is 4.78. The average molecular weight is 435 g/mol. The summed E-state index contributed by atoms with van der Waals surface area (Å²) in [5.41, 5.74) is -1.22. The van der Waals surface area contributed by atoms with Crippen LogP contribution >= 0.6 is 0 Å². The molecule has 0 bridgehead atoms. The van der Waals surface area contributed by atoms with Gasteiger partial charge in [-0.15, -0.1) is 0 Å². The van der Waals surface area contributed by atoms with Crippen molar-refractivity contribution in [3.63, 3.8) is 0 Å². The van der Waals surface area contributed by atoms with Crippen LogP contribution in [0.2, 0.25) is 0 Å².